The summed E-state index contributed by atoms with van der Waals surface area (Å²) in [5.41, 5.74) is 2.13. The first kappa shape index (κ1) is 14.4. The lowest BCUT2D eigenvalue weighted by Crippen LogP contribution is -2.41. The van der Waals surface area contributed by atoms with Gasteiger partial charge in [-0.15, -0.1) is 0 Å². The predicted octanol–water partition coefficient (Wildman–Crippen LogP) is 3.41. The SMILES string of the molecule is O=C(c1cccc2nccnc12)N1CCCCCC1CBr. The maximum absolute atomic E-state index is 13.0. The number of halogens is 1. The van der Waals surface area contributed by atoms with Crippen LogP contribution >= 0.6 is 15.9 Å². The highest BCUT2D eigenvalue weighted by Crippen LogP contribution is 2.23. The van der Waals surface area contributed by atoms with Gasteiger partial charge in [0, 0.05) is 30.3 Å². The number of nitrogens with zero attached hydrogens (tertiary/aromatic N) is 3. The number of para-hydroxylation sites is 1. The average molecular weight is 348 g/mol. The number of carbonyl (C=O) groups excluding carboxylic acids is 1. The molecule has 3 rings (SSSR count). The summed E-state index contributed by atoms with van der Waals surface area (Å²) in [5.74, 6) is 0.0763. The number of benzene rings is 1. The highest BCUT2D eigenvalue weighted by Gasteiger charge is 2.26. The van der Waals surface area contributed by atoms with Crippen molar-refractivity contribution in [1.82, 2.24) is 14.9 Å². The predicted molar refractivity (Wildman–Crippen MR) is 86.6 cm³/mol. The minimum Gasteiger partial charge on any atom is -0.335 e. The summed E-state index contributed by atoms with van der Waals surface area (Å²) in [7, 11) is 0. The van der Waals surface area contributed by atoms with Crippen molar-refractivity contribution in [2.24, 2.45) is 0 Å². The largest absolute Gasteiger partial charge is 0.335 e. The van der Waals surface area contributed by atoms with E-state index in [1.54, 1.807) is 12.4 Å². The molecule has 0 aliphatic carbocycles. The fraction of sp³-hybridized carbons (Fsp3) is 0.438. The van der Waals surface area contributed by atoms with Crippen molar-refractivity contribution in [3.05, 3.63) is 36.2 Å². The molecular formula is C16H18BrN3O. The molecule has 1 unspecified atom stereocenters. The molecule has 2 heterocycles. The number of fused-ring (bicyclic) bond motifs is 1. The van der Waals surface area contributed by atoms with Gasteiger partial charge < -0.3 is 4.90 Å². The van der Waals surface area contributed by atoms with Crippen molar-refractivity contribution in [1.29, 1.82) is 0 Å². The fourth-order valence-corrected chi connectivity index (χ4v) is 3.60. The zero-order valence-corrected chi connectivity index (χ0v) is 13.4. The van der Waals surface area contributed by atoms with Crippen LogP contribution < -0.4 is 0 Å². The van der Waals surface area contributed by atoms with Gasteiger partial charge in [-0.3, -0.25) is 14.8 Å². The van der Waals surface area contributed by atoms with Crippen molar-refractivity contribution in [3.63, 3.8) is 0 Å². The number of hydrogen-bond donors (Lipinski definition) is 0. The maximum atomic E-state index is 13.0. The van der Waals surface area contributed by atoms with Gasteiger partial charge in [-0.2, -0.15) is 0 Å². The Kier molecular flexibility index (Phi) is 4.48. The molecule has 110 valence electrons. The lowest BCUT2D eigenvalue weighted by atomic mass is 10.1. The van der Waals surface area contributed by atoms with Crippen LogP contribution in [0, 0.1) is 0 Å². The Morgan fingerprint density at radius 2 is 2.10 bits per heavy atom. The lowest BCUT2D eigenvalue weighted by molar-refractivity contribution is 0.0704. The van der Waals surface area contributed by atoms with Crippen LogP contribution in [0.3, 0.4) is 0 Å². The van der Waals surface area contributed by atoms with Gasteiger partial charge >= 0.3 is 0 Å². The molecule has 1 aromatic carbocycles. The second-order valence-electron chi connectivity index (χ2n) is 5.39. The highest BCUT2D eigenvalue weighted by molar-refractivity contribution is 9.09. The number of likely N-dealkylation sites (tertiary alicyclic amines) is 1. The molecule has 5 heteroatoms. The molecule has 0 bridgehead atoms. The van der Waals surface area contributed by atoms with E-state index in [4.69, 9.17) is 0 Å². The van der Waals surface area contributed by atoms with Crippen LogP contribution in [-0.4, -0.2) is 38.7 Å². The maximum Gasteiger partial charge on any atom is 0.256 e. The van der Waals surface area contributed by atoms with Crippen molar-refractivity contribution in [2.45, 2.75) is 31.7 Å². The third-order valence-electron chi connectivity index (χ3n) is 4.05. The Bertz CT molecular complexity index is 641. The third-order valence-corrected chi connectivity index (χ3v) is 4.79. The molecule has 21 heavy (non-hydrogen) atoms. The van der Waals surface area contributed by atoms with E-state index < -0.39 is 0 Å². The Balaban J connectivity index is 1.99. The molecule has 2 aromatic rings. The summed E-state index contributed by atoms with van der Waals surface area (Å²) < 4.78 is 0. The second-order valence-corrected chi connectivity index (χ2v) is 6.03. The topological polar surface area (TPSA) is 46.1 Å². The Labute approximate surface area is 132 Å². The van der Waals surface area contributed by atoms with Gasteiger partial charge in [0.15, 0.2) is 0 Å². The lowest BCUT2D eigenvalue weighted by Gasteiger charge is -2.29. The zero-order valence-electron chi connectivity index (χ0n) is 11.8. The normalized spacial score (nSPS) is 19.5. The van der Waals surface area contributed by atoms with Crippen molar-refractivity contribution < 1.29 is 4.79 Å². The van der Waals surface area contributed by atoms with Crippen LogP contribution in [0.4, 0.5) is 0 Å². The molecule has 0 N–H and O–H groups in total. The number of carbonyl (C=O) groups is 1. The van der Waals surface area contributed by atoms with E-state index in [0.717, 1.165) is 30.2 Å². The summed E-state index contributed by atoms with van der Waals surface area (Å²) in [6, 6.07) is 5.90. The van der Waals surface area contributed by atoms with Gasteiger partial charge in [0.1, 0.15) is 5.52 Å². The van der Waals surface area contributed by atoms with Crippen molar-refractivity contribution in [3.8, 4) is 0 Å². The minimum atomic E-state index is 0.0763. The fourth-order valence-electron chi connectivity index (χ4n) is 2.93. The van der Waals surface area contributed by atoms with Gasteiger partial charge in [0.25, 0.3) is 5.91 Å². The molecule has 1 saturated heterocycles. The molecule has 4 nitrogen and oxygen atoms in total. The van der Waals surface area contributed by atoms with Crippen molar-refractivity contribution >= 4 is 32.9 Å². The second kappa shape index (κ2) is 6.52. The first-order chi connectivity index (χ1) is 10.3. The van der Waals surface area contributed by atoms with Crippen LogP contribution in [0.1, 0.15) is 36.0 Å². The number of aromatic nitrogens is 2. The average Bonchev–Trinajstić information content (AvgIpc) is 2.79. The molecule has 0 spiro atoms. The highest BCUT2D eigenvalue weighted by atomic mass is 79.9. The third kappa shape index (κ3) is 2.93. The number of hydrogen-bond acceptors (Lipinski definition) is 3. The van der Waals surface area contributed by atoms with E-state index in [0.29, 0.717) is 11.1 Å². The van der Waals surface area contributed by atoms with Crippen LogP contribution in [0.5, 0.6) is 0 Å². The van der Waals surface area contributed by atoms with Gasteiger partial charge in [0.05, 0.1) is 11.1 Å². The van der Waals surface area contributed by atoms with Crippen LogP contribution in [0.15, 0.2) is 30.6 Å². The van der Waals surface area contributed by atoms with Crippen LogP contribution in [-0.2, 0) is 0 Å². The summed E-state index contributed by atoms with van der Waals surface area (Å²) >= 11 is 3.55. The Hall–Kier alpha value is -1.49. The van der Waals surface area contributed by atoms with Crippen LogP contribution in [0.2, 0.25) is 0 Å². The molecule has 0 saturated carbocycles. The molecule has 1 fully saturated rings. The van der Waals surface area contributed by atoms with Gasteiger partial charge in [0.2, 0.25) is 0 Å². The number of amides is 1. The molecule has 1 aliphatic heterocycles. The quantitative estimate of drug-likeness (QED) is 0.782. The number of rotatable bonds is 2. The Morgan fingerprint density at radius 1 is 1.24 bits per heavy atom. The molecule has 1 amide bonds. The van der Waals surface area contributed by atoms with E-state index in [2.05, 4.69) is 25.9 Å². The Morgan fingerprint density at radius 3 is 2.95 bits per heavy atom. The van der Waals surface area contributed by atoms with E-state index in [9.17, 15) is 4.79 Å². The van der Waals surface area contributed by atoms with Gasteiger partial charge in [-0.05, 0) is 25.0 Å². The first-order valence-electron chi connectivity index (χ1n) is 7.38. The molecule has 1 atom stereocenters. The van der Waals surface area contributed by atoms with E-state index >= 15 is 0 Å². The van der Waals surface area contributed by atoms with Gasteiger partial charge in [-0.25, -0.2) is 0 Å². The monoisotopic (exact) mass is 347 g/mol. The first-order valence-corrected chi connectivity index (χ1v) is 8.50. The molecule has 1 aromatic heterocycles. The minimum absolute atomic E-state index is 0.0763. The van der Waals surface area contributed by atoms with Gasteiger partial charge in [-0.1, -0.05) is 34.8 Å². The zero-order chi connectivity index (χ0) is 14.7. The van der Waals surface area contributed by atoms with E-state index in [1.165, 1.54) is 12.8 Å². The van der Waals surface area contributed by atoms with Crippen molar-refractivity contribution in [2.75, 3.05) is 11.9 Å². The molecule has 1 aliphatic rings. The smallest absolute Gasteiger partial charge is 0.256 e. The summed E-state index contributed by atoms with van der Waals surface area (Å²) in [6.45, 7) is 0.825. The summed E-state index contributed by atoms with van der Waals surface area (Å²) in [5, 5.41) is 0.829. The summed E-state index contributed by atoms with van der Waals surface area (Å²) in [4.78, 5) is 23.6. The van der Waals surface area contributed by atoms with E-state index in [-0.39, 0.29) is 11.9 Å². The van der Waals surface area contributed by atoms with E-state index in [1.807, 2.05) is 23.1 Å². The number of alkyl halides is 1. The van der Waals surface area contributed by atoms with Crippen LogP contribution in [0.25, 0.3) is 11.0 Å². The molecule has 0 radical (unpaired) electrons. The summed E-state index contributed by atoms with van der Waals surface area (Å²) in [6.07, 6.45) is 7.82. The standard InChI is InChI=1S/C16H18BrN3O/c17-11-12-5-2-1-3-10-20(12)16(21)13-6-4-7-14-15(13)19-9-8-18-14/h4,6-9,12H,1-3,5,10-11H2. The molecular weight excluding hydrogens is 330 g/mol.